The molecule has 0 spiro atoms. The lowest BCUT2D eigenvalue weighted by Crippen LogP contribution is -2.43. The fraction of sp³-hybridized carbons (Fsp3) is 0.412. The van der Waals surface area contributed by atoms with Crippen molar-refractivity contribution in [3.05, 3.63) is 42.0 Å². The average molecular weight is 396 g/mol. The molecule has 3 rings (SSSR count). The molecule has 1 aliphatic rings. The van der Waals surface area contributed by atoms with Gasteiger partial charge in [-0.15, -0.1) is 0 Å². The number of hydrogen-bond donors (Lipinski definition) is 1. The Balaban J connectivity index is 1.60. The van der Waals surface area contributed by atoms with Crippen LogP contribution in [0.1, 0.15) is 29.2 Å². The Morgan fingerprint density at radius 2 is 1.96 bits per heavy atom. The zero-order chi connectivity index (χ0) is 19.6. The molecule has 1 aliphatic heterocycles. The second-order valence-electron chi connectivity index (χ2n) is 6.38. The van der Waals surface area contributed by atoms with Crippen LogP contribution in [0, 0.1) is 5.92 Å². The number of rotatable bonds is 6. The molecule has 1 saturated heterocycles. The largest absolute Gasteiger partial charge is 0.475 e. The van der Waals surface area contributed by atoms with Crippen LogP contribution in [0.4, 0.5) is 0 Å². The van der Waals surface area contributed by atoms with Gasteiger partial charge in [-0.2, -0.15) is 4.31 Å². The minimum Gasteiger partial charge on any atom is -0.475 e. The zero-order valence-corrected chi connectivity index (χ0v) is 15.5. The van der Waals surface area contributed by atoms with Gasteiger partial charge in [0.15, 0.2) is 0 Å². The molecule has 1 amide bonds. The maximum Gasteiger partial charge on any atom is 0.371 e. The number of sulfonamides is 1. The molecule has 0 aromatic carbocycles. The van der Waals surface area contributed by atoms with Crippen molar-refractivity contribution in [2.75, 3.05) is 20.1 Å². The Labute approximate surface area is 156 Å². The minimum atomic E-state index is -3.92. The number of amides is 1. The molecule has 0 unspecified atom stereocenters. The lowest BCUT2D eigenvalue weighted by Gasteiger charge is -2.31. The molecule has 10 heteroatoms. The van der Waals surface area contributed by atoms with Gasteiger partial charge in [0.1, 0.15) is 5.76 Å². The van der Waals surface area contributed by atoms with Crippen LogP contribution >= 0.6 is 0 Å². The highest BCUT2D eigenvalue weighted by Gasteiger charge is 2.35. The second-order valence-corrected chi connectivity index (χ2v) is 8.24. The molecule has 0 bridgehead atoms. The fourth-order valence-corrected chi connectivity index (χ4v) is 4.45. The van der Waals surface area contributed by atoms with Gasteiger partial charge in [0, 0.05) is 26.1 Å². The molecule has 146 valence electrons. The Bertz CT molecular complexity index is 909. The highest BCUT2D eigenvalue weighted by molar-refractivity contribution is 7.89. The van der Waals surface area contributed by atoms with E-state index in [4.69, 9.17) is 13.9 Å². The average Bonchev–Trinajstić information content (AvgIpc) is 3.33. The number of hydrogen-bond acceptors (Lipinski definition) is 6. The van der Waals surface area contributed by atoms with Crippen LogP contribution in [0.15, 0.2) is 44.5 Å². The summed E-state index contributed by atoms with van der Waals surface area (Å²) in [5.74, 6) is -1.42. The second kappa shape index (κ2) is 7.57. The molecular formula is C17H20N2O7S. The number of carbonyl (C=O) groups is 2. The van der Waals surface area contributed by atoms with Crippen molar-refractivity contribution >= 4 is 21.9 Å². The summed E-state index contributed by atoms with van der Waals surface area (Å²) in [5, 5.41) is 8.46. The minimum absolute atomic E-state index is 0.0605. The van der Waals surface area contributed by atoms with Crippen LogP contribution in [0.25, 0.3) is 0 Å². The molecule has 2 aromatic rings. The Kier molecular flexibility index (Phi) is 5.38. The first-order valence-corrected chi connectivity index (χ1v) is 9.83. The maximum absolute atomic E-state index is 12.6. The van der Waals surface area contributed by atoms with Crippen molar-refractivity contribution in [2.45, 2.75) is 24.5 Å². The summed E-state index contributed by atoms with van der Waals surface area (Å²) in [6.45, 7) is 0.682. The van der Waals surface area contributed by atoms with E-state index >= 15 is 0 Å². The van der Waals surface area contributed by atoms with Gasteiger partial charge in [0.25, 0.3) is 10.0 Å². The van der Waals surface area contributed by atoms with E-state index in [1.54, 1.807) is 30.3 Å². The van der Waals surface area contributed by atoms with E-state index in [0.29, 0.717) is 25.1 Å². The molecule has 0 radical (unpaired) electrons. The van der Waals surface area contributed by atoms with Crippen molar-refractivity contribution < 1.29 is 31.9 Å². The lowest BCUT2D eigenvalue weighted by atomic mass is 9.96. The molecule has 1 fully saturated rings. The third kappa shape index (κ3) is 4.06. The molecule has 2 aromatic heterocycles. The van der Waals surface area contributed by atoms with Gasteiger partial charge < -0.3 is 18.8 Å². The summed E-state index contributed by atoms with van der Waals surface area (Å²) < 4.78 is 36.5. The number of carboxylic acid groups (broad SMARTS) is 1. The quantitative estimate of drug-likeness (QED) is 0.787. The smallest absolute Gasteiger partial charge is 0.371 e. The molecule has 1 N–H and O–H groups in total. The Morgan fingerprint density at radius 1 is 1.26 bits per heavy atom. The Morgan fingerprint density at radius 3 is 2.52 bits per heavy atom. The highest BCUT2D eigenvalue weighted by atomic mass is 32.2. The van der Waals surface area contributed by atoms with Crippen molar-refractivity contribution in [3.63, 3.8) is 0 Å². The van der Waals surface area contributed by atoms with E-state index in [0.717, 1.165) is 12.1 Å². The summed E-state index contributed by atoms with van der Waals surface area (Å²) >= 11 is 0. The van der Waals surface area contributed by atoms with Gasteiger partial charge in [-0.1, -0.05) is 0 Å². The summed E-state index contributed by atoms with van der Waals surface area (Å²) in [5.41, 5.74) is 0. The summed E-state index contributed by atoms with van der Waals surface area (Å²) in [6.07, 6.45) is 2.31. The number of nitrogens with zero attached hydrogens (tertiary/aromatic N) is 2. The fourth-order valence-electron chi connectivity index (χ4n) is 3.07. The van der Waals surface area contributed by atoms with Crippen LogP contribution in [-0.4, -0.2) is 54.7 Å². The van der Waals surface area contributed by atoms with Gasteiger partial charge in [0.05, 0.1) is 12.8 Å². The van der Waals surface area contributed by atoms with E-state index in [2.05, 4.69) is 0 Å². The topological polar surface area (TPSA) is 121 Å². The molecule has 0 atom stereocenters. The summed E-state index contributed by atoms with van der Waals surface area (Å²) in [7, 11) is -2.24. The Hall–Kier alpha value is -2.59. The zero-order valence-electron chi connectivity index (χ0n) is 14.7. The molecular weight excluding hydrogens is 376 g/mol. The monoisotopic (exact) mass is 396 g/mol. The van der Waals surface area contributed by atoms with Gasteiger partial charge in [-0.3, -0.25) is 4.79 Å². The number of furan rings is 2. The van der Waals surface area contributed by atoms with Crippen molar-refractivity contribution in [2.24, 2.45) is 5.92 Å². The van der Waals surface area contributed by atoms with Crippen LogP contribution in [0.3, 0.4) is 0 Å². The SMILES string of the molecule is CN(Cc1ccco1)C(=O)C1CCN(S(=O)(=O)c2ccc(C(=O)O)o2)CC1. The van der Waals surface area contributed by atoms with Crippen LogP contribution in [0.2, 0.25) is 0 Å². The van der Waals surface area contributed by atoms with E-state index < -0.39 is 26.8 Å². The number of carboxylic acids is 1. The van der Waals surface area contributed by atoms with Crippen LogP contribution in [-0.2, 0) is 21.4 Å². The van der Waals surface area contributed by atoms with Crippen LogP contribution < -0.4 is 0 Å². The first-order valence-electron chi connectivity index (χ1n) is 8.39. The number of piperidine rings is 1. The third-order valence-electron chi connectivity index (χ3n) is 4.54. The highest BCUT2D eigenvalue weighted by Crippen LogP contribution is 2.26. The van der Waals surface area contributed by atoms with Crippen molar-refractivity contribution in [1.29, 1.82) is 0 Å². The maximum atomic E-state index is 12.6. The molecule has 9 nitrogen and oxygen atoms in total. The molecule has 0 aliphatic carbocycles. The van der Waals surface area contributed by atoms with Gasteiger partial charge >= 0.3 is 5.97 Å². The standard InChI is InChI=1S/C17H20N2O7S/c1-18(11-13-3-2-10-25-13)16(20)12-6-8-19(9-7-12)27(23,24)15-5-4-14(26-15)17(21)22/h2-5,10,12H,6-9,11H2,1H3,(H,21,22). The normalized spacial score (nSPS) is 16.3. The lowest BCUT2D eigenvalue weighted by molar-refractivity contribution is -0.136. The van der Waals surface area contributed by atoms with Gasteiger partial charge in [0.2, 0.25) is 16.8 Å². The van der Waals surface area contributed by atoms with Crippen molar-refractivity contribution in [3.8, 4) is 0 Å². The molecule has 3 heterocycles. The first-order chi connectivity index (χ1) is 12.8. The van der Waals surface area contributed by atoms with E-state index in [1.807, 2.05) is 0 Å². The molecule has 27 heavy (non-hydrogen) atoms. The van der Waals surface area contributed by atoms with Crippen LogP contribution in [0.5, 0.6) is 0 Å². The molecule has 0 saturated carbocycles. The number of aromatic carboxylic acids is 1. The first kappa shape index (κ1) is 19.2. The van der Waals surface area contributed by atoms with E-state index in [9.17, 15) is 18.0 Å². The van der Waals surface area contributed by atoms with Gasteiger partial charge in [-0.05, 0) is 37.1 Å². The summed E-state index contributed by atoms with van der Waals surface area (Å²) in [6, 6.07) is 5.78. The van der Waals surface area contributed by atoms with Crippen molar-refractivity contribution in [1.82, 2.24) is 9.21 Å². The summed E-state index contributed by atoms with van der Waals surface area (Å²) in [4.78, 5) is 25.0. The third-order valence-corrected chi connectivity index (χ3v) is 6.31. The predicted octanol–water partition coefficient (Wildman–Crippen LogP) is 1.63. The van der Waals surface area contributed by atoms with E-state index in [1.165, 1.54) is 4.31 Å². The van der Waals surface area contributed by atoms with Gasteiger partial charge in [-0.25, -0.2) is 13.2 Å². The number of carbonyl (C=O) groups excluding carboxylic acids is 1. The predicted molar refractivity (Wildman–Crippen MR) is 92.3 cm³/mol. The van der Waals surface area contributed by atoms with E-state index in [-0.39, 0.29) is 24.9 Å².